The molecule has 7 heteroatoms. The van der Waals surface area contributed by atoms with Crippen LogP contribution in [-0.2, 0) is 0 Å². The van der Waals surface area contributed by atoms with E-state index in [1.54, 1.807) is 0 Å². The molecule has 0 aliphatic rings. The Balaban J connectivity index is 2.25. The molecule has 0 saturated heterocycles. The third-order valence-corrected chi connectivity index (χ3v) is 3.03. The Morgan fingerprint density at radius 3 is 2.47 bits per heavy atom. The second-order valence-corrected chi connectivity index (χ2v) is 4.75. The molecule has 1 amide bonds. The number of aromatic nitrogens is 1. The van der Waals surface area contributed by atoms with Crippen LogP contribution in [0.1, 0.15) is 10.5 Å². The number of hydrogen-bond acceptors (Lipinski definition) is 2. The van der Waals surface area contributed by atoms with Crippen molar-refractivity contribution in [3.05, 3.63) is 57.0 Å². The minimum atomic E-state index is -0.635. The lowest BCUT2D eigenvalue weighted by atomic mass is 10.3. The van der Waals surface area contributed by atoms with Crippen molar-refractivity contribution in [2.24, 2.45) is 0 Å². The predicted octanol–water partition coefficient (Wildman–Crippen LogP) is 4.43. The highest BCUT2D eigenvalue weighted by Crippen LogP contribution is 2.21. The number of amides is 1. The van der Waals surface area contributed by atoms with E-state index in [1.165, 1.54) is 24.3 Å². The molecule has 0 spiro atoms. The van der Waals surface area contributed by atoms with Crippen LogP contribution in [0.25, 0.3) is 0 Å². The van der Waals surface area contributed by atoms with Gasteiger partial charge in [0, 0.05) is 5.69 Å². The van der Waals surface area contributed by atoms with E-state index in [-0.39, 0.29) is 26.6 Å². The quantitative estimate of drug-likeness (QED) is 0.832. The number of carbonyl (C=O) groups is 1. The third kappa shape index (κ3) is 3.35. The summed E-state index contributed by atoms with van der Waals surface area (Å²) in [6.45, 7) is 0. The minimum absolute atomic E-state index is 0.0306. The average Bonchev–Trinajstić information content (AvgIpc) is 2.36. The van der Waals surface area contributed by atoms with E-state index in [2.05, 4.69) is 10.3 Å². The van der Waals surface area contributed by atoms with Gasteiger partial charge in [-0.3, -0.25) is 4.79 Å². The van der Waals surface area contributed by atoms with Gasteiger partial charge in [-0.1, -0.05) is 34.8 Å². The zero-order valence-corrected chi connectivity index (χ0v) is 11.5. The van der Waals surface area contributed by atoms with Gasteiger partial charge in [-0.15, -0.1) is 0 Å². The van der Waals surface area contributed by atoms with Crippen molar-refractivity contribution in [2.45, 2.75) is 0 Å². The van der Waals surface area contributed by atoms with Crippen LogP contribution < -0.4 is 5.32 Å². The van der Waals surface area contributed by atoms with Gasteiger partial charge in [-0.2, -0.15) is 0 Å². The maximum absolute atomic E-state index is 13.2. The summed E-state index contributed by atoms with van der Waals surface area (Å²) >= 11 is 17.1. The summed E-state index contributed by atoms with van der Waals surface area (Å²) in [7, 11) is 0. The second-order valence-electron chi connectivity index (χ2n) is 3.55. The molecule has 98 valence electrons. The van der Waals surface area contributed by atoms with E-state index in [1.807, 2.05) is 0 Å². The van der Waals surface area contributed by atoms with Crippen LogP contribution in [-0.4, -0.2) is 10.9 Å². The fourth-order valence-electron chi connectivity index (χ4n) is 1.34. The smallest absolute Gasteiger partial charge is 0.275 e. The average molecular weight is 320 g/mol. The van der Waals surface area contributed by atoms with E-state index in [4.69, 9.17) is 34.8 Å². The molecule has 2 aromatic rings. The molecule has 0 unspecified atom stereocenters. The Kier molecular flexibility index (Phi) is 4.24. The zero-order valence-electron chi connectivity index (χ0n) is 9.25. The summed E-state index contributed by atoms with van der Waals surface area (Å²) < 4.78 is 13.2. The molecule has 0 aliphatic carbocycles. The van der Waals surface area contributed by atoms with Gasteiger partial charge in [0.2, 0.25) is 0 Å². The van der Waals surface area contributed by atoms with Gasteiger partial charge in [0.05, 0.1) is 10.0 Å². The molecule has 0 bridgehead atoms. The molecule has 1 aromatic carbocycles. The number of anilines is 1. The highest BCUT2D eigenvalue weighted by atomic mass is 35.5. The summed E-state index contributed by atoms with van der Waals surface area (Å²) in [5.74, 6) is -1.22. The Hall–Kier alpha value is -1.36. The van der Waals surface area contributed by atoms with Crippen LogP contribution in [0, 0.1) is 5.82 Å². The van der Waals surface area contributed by atoms with E-state index in [0.717, 1.165) is 6.07 Å². The fourth-order valence-corrected chi connectivity index (χ4v) is 1.80. The lowest BCUT2D eigenvalue weighted by Gasteiger charge is -2.06. The van der Waals surface area contributed by atoms with Gasteiger partial charge < -0.3 is 5.32 Å². The number of halogens is 4. The van der Waals surface area contributed by atoms with Crippen LogP contribution in [0.5, 0.6) is 0 Å². The molecule has 1 aromatic heterocycles. The molecule has 0 aliphatic heterocycles. The van der Waals surface area contributed by atoms with Crippen molar-refractivity contribution >= 4 is 46.4 Å². The number of hydrogen-bond donors (Lipinski definition) is 1. The summed E-state index contributed by atoms with van der Waals surface area (Å²) in [6, 6.07) is 6.80. The Bertz CT molecular complexity index is 649. The molecule has 19 heavy (non-hydrogen) atoms. The van der Waals surface area contributed by atoms with Gasteiger partial charge in [0.25, 0.3) is 5.91 Å². The predicted molar refractivity (Wildman–Crippen MR) is 73.6 cm³/mol. The standard InChI is InChI=1S/C12H6Cl3FN2O/c13-7-2-1-6(5-9(7)16)17-12(19)11-8(14)3-4-10(15)18-11/h1-5H,(H,17,19). The van der Waals surface area contributed by atoms with E-state index < -0.39 is 11.7 Å². The number of pyridine rings is 1. The molecular weight excluding hydrogens is 314 g/mol. The van der Waals surface area contributed by atoms with Crippen LogP contribution in [0.4, 0.5) is 10.1 Å². The van der Waals surface area contributed by atoms with Gasteiger partial charge in [-0.25, -0.2) is 9.37 Å². The first-order chi connectivity index (χ1) is 8.97. The SMILES string of the molecule is O=C(Nc1ccc(Cl)c(F)c1)c1nc(Cl)ccc1Cl. The topological polar surface area (TPSA) is 42.0 Å². The minimum Gasteiger partial charge on any atom is -0.321 e. The van der Waals surface area contributed by atoms with E-state index in [0.29, 0.717) is 0 Å². The third-order valence-electron chi connectivity index (χ3n) is 2.20. The van der Waals surface area contributed by atoms with Gasteiger partial charge >= 0.3 is 0 Å². The molecule has 3 nitrogen and oxygen atoms in total. The Morgan fingerprint density at radius 1 is 1.11 bits per heavy atom. The Labute approximate surface area is 123 Å². The normalized spacial score (nSPS) is 10.3. The van der Waals surface area contributed by atoms with Crippen molar-refractivity contribution in [1.29, 1.82) is 0 Å². The number of carbonyl (C=O) groups excluding carboxylic acids is 1. The molecule has 0 atom stereocenters. The van der Waals surface area contributed by atoms with Crippen molar-refractivity contribution in [2.75, 3.05) is 5.32 Å². The summed E-state index contributed by atoms with van der Waals surface area (Å²) in [5, 5.41) is 2.71. The first-order valence-electron chi connectivity index (χ1n) is 5.06. The van der Waals surface area contributed by atoms with Crippen molar-refractivity contribution in [3.8, 4) is 0 Å². The number of benzene rings is 1. The zero-order chi connectivity index (χ0) is 14.0. The highest BCUT2D eigenvalue weighted by molar-refractivity contribution is 6.35. The van der Waals surface area contributed by atoms with Gasteiger partial charge in [0.1, 0.15) is 16.7 Å². The number of rotatable bonds is 2. The summed E-state index contributed by atoms with van der Waals surface area (Å²) in [5.41, 5.74) is 0.203. The van der Waals surface area contributed by atoms with Crippen LogP contribution in [0.15, 0.2) is 30.3 Å². The van der Waals surface area contributed by atoms with Crippen molar-refractivity contribution < 1.29 is 9.18 Å². The van der Waals surface area contributed by atoms with E-state index >= 15 is 0 Å². The van der Waals surface area contributed by atoms with Gasteiger partial charge in [-0.05, 0) is 30.3 Å². The van der Waals surface area contributed by atoms with Crippen molar-refractivity contribution in [1.82, 2.24) is 4.98 Å². The molecule has 0 saturated carbocycles. The first kappa shape index (κ1) is 14.1. The van der Waals surface area contributed by atoms with Crippen LogP contribution in [0.2, 0.25) is 15.2 Å². The molecule has 2 rings (SSSR count). The molecule has 0 radical (unpaired) electrons. The number of nitrogens with zero attached hydrogens (tertiary/aromatic N) is 1. The van der Waals surface area contributed by atoms with Crippen LogP contribution >= 0.6 is 34.8 Å². The summed E-state index contributed by atoms with van der Waals surface area (Å²) in [4.78, 5) is 15.7. The number of nitrogens with one attached hydrogen (secondary N) is 1. The van der Waals surface area contributed by atoms with Crippen LogP contribution in [0.3, 0.4) is 0 Å². The van der Waals surface area contributed by atoms with E-state index in [9.17, 15) is 9.18 Å². The molecule has 1 heterocycles. The van der Waals surface area contributed by atoms with Crippen molar-refractivity contribution in [3.63, 3.8) is 0 Å². The molecule has 1 N–H and O–H groups in total. The first-order valence-corrected chi connectivity index (χ1v) is 6.19. The monoisotopic (exact) mass is 318 g/mol. The maximum atomic E-state index is 13.2. The maximum Gasteiger partial charge on any atom is 0.275 e. The Morgan fingerprint density at radius 2 is 1.79 bits per heavy atom. The summed E-state index contributed by atoms with van der Waals surface area (Å²) in [6.07, 6.45) is 0. The highest BCUT2D eigenvalue weighted by Gasteiger charge is 2.13. The molecular formula is C12H6Cl3FN2O. The van der Waals surface area contributed by atoms with Gasteiger partial charge in [0.15, 0.2) is 0 Å². The molecule has 0 fully saturated rings. The fraction of sp³-hybridized carbons (Fsp3) is 0. The second kappa shape index (κ2) is 5.74. The lowest BCUT2D eigenvalue weighted by molar-refractivity contribution is 0.102. The largest absolute Gasteiger partial charge is 0.321 e. The lowest BCUT2D eigenvalue weighted by Crippen LogP contribution is -2.14.